The summed E-state index contributed by atoms with van der Waals surface area (Å²) in [4.78, 5) is 12.8. The number of hydrogen-bond donors (Lipinski definition) is 0. The molecule has 18 heavy (non-hydrogen) atoms. The van der Waals surface area contributed by atoms with E-state index in [9.17, 15) is 4.79 Å². The summed E-state index contributed by atoms with van der Waals surface area (Å²) < 4.78 is 5.40. The highest BCUT2D eigenvalue weighted by Crippen LogP contribution is 2.33. The van der Waals surface area contributed by atoms with Gasteiger partial charge in [-0.25, -0.2) is 0 Å². The molecule has 0 spiro atoms. The van der Waals surface area contributed by atoms with Gasteiger partial charge in [-0.1, -0.05) is 36.5 Å². The van der Waals surface area contributed by atoms with Crippen LogP contribution in [0, 0.1) is 0 Å². The number of carbonyl (C=O) groups excluding carboxylic acids is 1. The largest absolute Gasteiger partial charge is 0.494 e. The van der Waals surface area contributed by atoms with Crippen LogP contribution >= 0.6 is 11.8 Å². The van der Waals surface area contributed by atoms with E-state index in [1.54, 1.807) is 0 Å². The van der Waals surface area contributed by atoms with E-state index in [1.807, 2.05) is 44.2 Å². The lowest BCUT2D eigenvalue weighted by Gasteiger charge is -2.09. The molecule has 2 nitrogen and oxygen atoms in total. The van der Waals surface area contributed by atoms with E-state index >= 15 is 0 Å². The van der Waals surface area contributed by atoms with Gasteiger partial charge in [0, 0.05) is 9.81 Å². The molecular formula is C15H18O2S. The van der Waals surface area contributed by atoms with Crippen molar-refractivity contribution in [3.8, 4) is 5.75 Å². The molecular weight excluding hydrogens is 244 g/mol. The summed E-state index contributed by atoms with van der Waals surface area (Å²) >= 11 is 1.40. The molecule has 0 N–H and O–H groups in total. The predicted molar refractivity (Wildman–Crippen MR) is 78.7 cm³/mol. The van der Waals surface area contributed by atoms with Crippen molar-refractivity contribution in [3.05, 3.63) is 47.4 Å². The molecule has 0 bridgehead atoms. The molecule has 0 heterocycles. The van der Waals surface area contributed by atoms with E-state index < -0.39 is 0 Å². The molecule has 96 valence electrons. The van der Waals surface area contributed by atoms with Gasteiger partial charge in [0.25, 0.3) is 0 Å². The van der Waals surface area contributed by atoms with Crippen LogP contribution in [-0.2, 0) is 4.79 Å². The van der Waals surface area contributed by atoms with Crippen molar-refractivity contribution >= 4 is 22.5 Å². The Morgan fingerprint density at radius 2 is 2.00 bits per heavy atom. The molecule has 0 saturated carbocycles. The first-order valence-electron chi connectivity index (χ1n) is 5.85. The summed E-state index contributed by atoms with van der Waals surface area (Å²) in [6.45, 7) is 9.86. The lowest BCUT2D eigenvalue weighted by molar-refractivity contribution is -0.112. The van der Waals surface area contributed by atoms with Crippen molar-refractivity contribution in [1.29, 1.82) is 0 Å². The van der Waals surface area contributed by atoms with Gasteiger partial charge in [0.15, 0.2) is 5.78 Å². The Morgan fingerprint density at radius 3 is 2.44 bits per heavy atom. The predicted octanol–water partition coefficient (Wildman–Crippen LogP) is 4.28. The maximum absolute atomic E-state index is 11.2. The third-order valence-corrected chi connectivity index (χ3v) is 3.56. The van der Waals surface area contributed by atoms with E-state index in [-0.39, 0.29) is 5.78 Å². The summed E-state index contributed by atoms with van der Waals surface area (Å²) in [6, 6.07) is 7.83. The van der Waals surface area contributed by atoms with Gasteiger partial charge in [-0.2, -0.15) is 0 Å². The van der Waals surface area contributed by atoms with E-state index in [1.165, 1.54) is 18.7 Å². The lowest BCUT2D eigenvalue weighted by atomic mass is 10.2. The van der Waals surface area contributed by atoms with Crippen molar-refractivity contribution in [2.24, 2.45) is 0 Å². The van der Waals surface area contributed by atoms with Crippen molar-refractivity contribution < 1.29 is 9.53 Å². The van der Waals surface area contributed by atoms with Crippen molar-refractivity contribution in [2.75, 3.05) is 6.61 Å². The molecule has 0 fully saturated rings. The standard InChI is InChI=1S/C15H18O2S/c1-5-15(18-12(4)11(3)16)13-7-9-14(10-8-13)17-6-2/h5,7-10H,4,6H2,1-3H3/b15-5-. The number of allylic oxidation sites excluding steroid dienone is 2. The summed E-state index contributed by atoms with van der Waals surface area (Å²) in [6.07, 6.45) is 1.98. The SMILES string of the molecule is C=C(S/C(=C\C)c1ccc(OCC)cc1)C(C)=O. The van der Waals surface area contributed by atoms with Gasteiger partial charge in [-0.3, -0.25) is 4.79 Å². The maximum Gasteiger partial charge on any atom is 0.165 e. The Balaban J connectivity index is 2.83. The van der Waals surface area contributed by atoms with Gasteiger partial charge in [0.2, 0.25) is 0 Å². The number of ketones is 1. The van der Waals surface area contributed by atoms with Crippen molar-refractivity contribution in [3.63, 3.8) is 0 Å². The topological polar surface area (TPSA) is 26.3 Å². The van der Waals surface area contributed by atoms with Crippen LogP contribution in [0.3, 0.4) is 0 Å². The first-order valence-corrected chi connectivity index (χ1v) is 6.67. The molecule has 0 aliphatic heterocycles. The smallest absolute Gasteiger partial charge is 0.165 e. The number of hydrogen-bond acceptors (Lipinski definition) is 3. The number of benzene rings is 1. The van der Waals surface area contributed by atoms with Gasteiger partial charge in [0.1, 0.15) is 5.75 Å². The highest BCUT2D eigenvalue weighted by atomic mass is 32.2. The summed E-state index contributed by atoms with van der Waals surface area (Å²) in [5.74, 6) is 0.859. The summed E-state index contributed by atoms with van der Waals surface area (Å²) in [5.41, 5.74) is 1.06. The molecule has 0 unspecified atom stereocenters. The second kappa shape index (κ2) is 7.07. The van der Waals surface area contributed by atoms with Crippen LogP contribution < -0.4 is 4.74 Å². The molecule has 3 heteroatoms. The highest BCUT2D eigenvalue weighted by Gasteiger charge is 2.07. The monoisotopic (exact) mass is 262 g/mol. The van der Waals surface area contributed by atoms with E-state index in [0.29, 0.717) is 11.5 Å². The molecule has 0 atom stereocenters. The minimum absolute atomic E-state index is 0.00489. The minimum Gasteiger partial charge on any atom is -0.494 e. The number of rotatable bonds is 6. The van der Waals surface area contributed by atoms with Crippen LogP contribution in [0.15, 0.2) is 41.8 Å². The van der Waals surface area contributed by atoms with Gasteiger partial charge < -0.3 is 4.74 Å². The van der Waals surface area contributed by atoms with Gasteiger partial charge in [0.05, 0.1) is 6.61 Å². The van der Waals surface area contributed by atoms with Crippen molar-refractivity contribution in [1.82, 2.24) is 0 Å². The molecule has 0 aliphatic carbocycles. The molecule has 0 aliphatic rings. The average molecular weight is 262 g/mol. The zero-order valence-corrected chi connectivity index (χ0v) is 11.8. The highest BCUT2D eigenvalue weighted by molar-refractivity contribution is 8.12. The van der Waals surface area contributed by atoms with E-state index in [4.69, 9.17) is 4.74 Å². The molecule has 1 rings (SSSR count). The number of carbonyl (C=O) groups is 1. The van der Waals surface area contributed by atoms with Crippen LogP contribution in [0.4, 0.5) is 0 Å². The third-order valence-electron chi connectivity index (χ3n) is 2.34. The second-order valence-electron chi connectivity index (χ2n) is 3.69. The Kier molecular flexibility index (Phi) is 5.72. The van der Waals surface area contributed by atoms with Crippen LogP contribution in [0.2, 0.25) is 0 Å². The van der Waals surface area contributed by atoms with Gasteiger partial charge in [-0.05, 0) is 38.5 Å². The summed E-state index contributed by atoms with van der Waals surface area (Å²) in [7, 11) is 0. The zero-order valence-electron chi connectivity index (χ0n) is 11.0. The number of thioether (sulfide) groups is 1. The second-order valence-corrected chi connectivity index (χ2v) is 4.83. The molecule has 0 radical (unpaired) electrons. The minimum atomic E-state index is 0.00489. The Bertz CT molecular complexity index is 458. The van der Waals surface area contributed by atoms with Crippen molar-refractivity contribution in [2.45, 2.75) is 20.8 Å². The fourth-order valence-electron chi connectivity index (χ4n) is 1.37. The van der Waals surface area contributed by atoms with Gasteiger partial charge >= 0.3 is 0 Å². The summed E-state index contributed by atoms with van der Waals surface area (Å²) in [5, 5.41) is 0. The number of ether oxygens (including phenoxy) is 1. The maximum atomic E-state index is 11.2. The Hall–Kier alpha value is -1.48. The first kappa shape index (κ1) is 14.6. The molecule has 0 saturated heterocycles. The fourth-order valence-corrected chi connectivity index (χ4v) is 2.15. The molecule has 0 amide bonds. The van der Waals surface area contributed by atoms with Crippen LogP contribution in [0.25, 0.3) is 4.91 Å². The lowest BCUT2D eigenvalue weighted by Crippen LogP contribution is -1.92. The third kappa shape index (κ3) is 4.08. The average Bonchev–Trinajstić information content (AvgIpc) is 2.37. The Morgan fingerprint density at radius 1 is 1.39 bits per heavy atom. The zero-order chi connectivity index (χ0) is 13.5. The van der Waals surface area contributed by atoms with Crippen LogP contribution in [0.5, 0.6) is 5.75 Å². The number of Topliss-reactive ketones (excluding diaryl/α,β-unsaturated/α-hetero) is 1. The molecule has 0 aromatic heterocycles. The normalized spacial score (nSPS) is 11.2. The van der Waals surface area contributed by atoms with E-state index in [2.05, 4.69) is 6.58 Å². The molecule has 1 aromatic rings. The molecule has 1 aromatic carbocycles. The van der Waals surface area contributed by atoms with Gasteiger partial charge in [-0.15, -0.1) is 0 Å². The van der Waals surface area contributed by atoms with E-state index in [0.717, 1.165) is 16.2 Å². The first-order chi connectivity index (χ1) is 8.58. The quantitative estimate of drug-likeness (QED) is 0.716. The van der Waals surface area contributed by atoms with Crippen LogP contribution in [0.1, 0.15) is 26.3 Å². The fraction of sp³-hybridized carbons (Fsp3) is 0.267. The Labute approximate surface area is 113 Å². The van der Waals surface area contributed by atoms with Crippen LogP contribution in [-0.4, -0.2) is 12.4 Å².